The summed E-state index contributed by atoms with van der Waals surface area (Å²) in [5.41, 5.74) is 5.20. The van der Waals surface area contributed by atoms with E-state index >= 15 is 0 Å². The summed E-state index contributed by atoms with van der Waals surface area (Å²) in [6.07, 6.45) is 0. The van der Waals surface area contributed by atoms with Crippen LogP contribution in [0.25, 0.3) is 0 Å². The van der Waals surface area contributed by atoms with Crippen LogP contribution in [0, 0.1) is 6.92 Å². The predicted octanol–water partition coefficient (Wildman–Crippen LogP) is 11.8. The molecule has 0 aliphatic carbocycles. The van der Waals surface area contributed by atoms with E-state index in [0.29, 0.717) is 0 Å². The van der Waals surface area contributed by atoms with Gasteiger partial charge in [-0.1, -0.05) is 206 Å². The first-order valence-electron chi connectivity index (χ1n) is 19.1. The molecule has 1 unspecified atom stereocenters. The third kappa shape index (κ3) is 7.37. The lowest BCUT2D eigenvalue weighted by molar-refractivity contribution is 0.885. The third-order valence-electron chi connectivity index (χ3n) is 10.2. The maximum absolute atomic E-state index is 5.94. The normalized spacial score (nSPS) is 12.0. The first kappa shape index (κ1) is 37.0. The molecule has 0 heterocycles. The van der Waals surface area contributed by atoms with Gasteiger partial charge in [-0.15, -0.1) is 0 Å². The topological polar surface area (TPSA) is 36.8 Å². The second kappa shape index (κ2) is 16.8. The average molecular weight is 762 g/mol. The number of aryl methyl sites for hydroxylation is 1. The molecule has 1 N–H and O–H groups in total. The van der Waals surface area contributed by atoms with Crippen LogP contribution in [0.2, 0.25) is 0 Å². The molecule has 0 spiro atoms. The van der Waals surface area contributed by atoms with Gasteiger partial charge in [0.1, 0.15) is 0 Å². The number of hydrogen-bond acceptors (Lipinski definition) is 3. The summed E-state index contributed by atoms with van der Waals surface area (Å²) in [4.78, 5) is 0. The SMILES string of the molecule is Cc1ccc(N=P(c2ccccc2)(c2ccccc2)c2ccccc2)c(NC(C)c2ccccc2N=P(c2ccccc2)(c2ccccc2)c2ccccc2)c1. The minimum absolute atomic E-state index is 0.0900. The van der Waals surface area contributed by atoms with Gasteiger partial charge in [0.25, 0.3) is 0 Å². The van der Waals surface area contributed by atoms with E-state index in [-0.39, 0.29) is 6.04 Å². The molecule has 0 aromatic heterocycles. The van der Waals surface area contributed by atoms with Crippen molar-refractivity contribution in [3.05, 3.63) is 236 Å². The Morgan fingerprint density at radius 3 is 1.07 bits per heavy atom. The van der Waals surface area contributed by atoms with Gasteiger partial charge in [-0.2, -0.15) is 0 Å². The molecule has 274 valence electrons. The fourth-order valence-electron chi connectivity index (χ4n) is 7.53. The zero-order valence-electron chi connectivity index (χ0n) is 31.7. The minimum atomic E-state index is -2.50. The highest BCUT2D eigenvalue weighted by atomic mass is 31.2. The lowest BCUT2D eigenvalue weighted by Crippen LogP contribution is -2.25. The Bertz CT molecular complexity index is 2420. The smallest absolute Gasteiger partial charge is 0.0856 e. The highest BCUT2D eigenvalue weighted by Gasteiger charge is 2.30. The highest BCUT2D eigenvalue weighted by Crippen LogP contribution is 2.52. The van der Waals surface area contributed by atoms with Crippen LogP contribution in [0.3, 0.4) is 0 Å². The van der Waals surface area contributed by atoms with Crippen LogP contribution >= 0.6 is 14.1 Å². The molecule has 0 saturated carbocycles. The van der Waals surface area contributed by atoms with Crippen LogP contribution in [0.15, 0.2) is 234 Å². The lowest BCUT2D eigenvalue weighted by Gasteiger charge is -2.29. The van der Waals surface area contributed by atoms with Gasteiger partial charge in [-0.05, 0) is 43.2 Å². The zero-order valence-corrected chi connectivity index (χ0v) is 33.5. The number of rotatable bonds is 11. The van der Waals surface area contributed by atoms with E-state index in [1.807, 2.05) is 0 Å². The number of hydrogen-bond donors (Lipinski definition) is 1. The molecule has 0 bridgehead atoms. The second-order valence-corrected chi connectivity index (χ2v) is 20.0. The molecule has 0 aliphatic heterocycles. The molecular formula is C51H45N3P2. The Kier molecular flexibility index (Phi) is 11.1. The Morgan fingerprint density at radius 2 is 0.696 bits per heavy atom. The summed E-state index contributed by atoms with van der Waals surface area (Å²) < 4.78 is 11.9. The Morgan fingerprint density at radius 1 is 0.375 bits per heavy atom. The van der Waals surface area contributed by atoms with Gasteiger partial charge in [0.2, 0.25) is 0 Å². The van der Waals surface area contributed by atoms with Gasteiger partial charge in [0, 0.05) is 31.8 Å². The van der Waals surface area contributed by atoms with E-state index in [0.717, 1.165) is 22.6 Å². The molecule has 56 heavy (non-hydrogen) atoms. The first-order valence-corrected chi connectivity index (χ1v) is 22.6. The zero-order chi connectivity index (χ0) is 38.2. The van der Waals surface area contributed by atoms with Crippen molar-refractivity contribution in [3.8, 4) is 0 Å². The van der Waals surface area contributed by atoms with Crippen molar-refractivity contribution in [2.45, 2.75) is 19.9 Å². The summed E-state index contributed by atoms with van der Waals surface area (Å²) in [7, 11) is -4.99. The quantitative estimate of drug-likeness (QED) is 0.131. The number of nitrogens with zero attached hydrogens (tertiary/aromatic N) is 2. The van der Waals surface area contributed by atoms with Crippen molar-refractivity contribution >= 4 is 63.0 Å². The molecule has 3 nitrogen and oxygen atoms in total. The first-order chi connectivity index (χ1) is 27.6. The van der Waals surface area contributed by atoms with Gasteiger partial charge in [0.05, 0.1) is 37.2 Å². The predicted molar refractivity (Wildman–Crippen MR) is 244 cm³/mol. The fraction of sp³-hybridized carbons (Fsp3) is 0.0588. The lowest BCUT2D eigenvalue weighted by atomic mass is 10.1. The van der Waals surface area contributed by atoms with E-state index in [1.165, 1.54) is 37.4 Å². The van der Waals surface area contributed by atoms with Crippen LogP contribution in [-0.2, 0) is 0 Å². The summed E-state index contributed by atoms with van der Waals surface area (Å²) in [5, 5.41) is 11.3. The fourth-order valence-corrected chi connectivity index (χ4v) is 14.6. The van der Waals surface area contributed by atoms with Crippen LogP contribution in [0.1, 0.15) is 24.1 Å². The van der Waals surface area contributed by atoms with E-state index in [4.69, 9.17) is 9.49 Å². The molecule has 0 fully saturated rings. The van der Waals surface area contributed by atoms with Crippen molar-refractivity contribution in [2.24, 2.45) is 9.49 Å². The maximum atomic E-state index is 5.94. The van der Waals surface area contributed by atoms with Gasteiger partial charge in [-0.25, -0.2) is 0 Å². The highest BCUT2D eigenvalue weighted by molar-refractivity contribution is 7.88. The minimum Gasteiger partial charge on any atom is -0.377 e. The van der Waals surface area contributed by atoms with E-state index in [9.17, 15) is 0 Å². The molecule has 1 atom stereocenters. The van der Waals surface area contributed by atoms with Crippen molar-refractivity contribution < 1.29 is 0 Å². The standard InChI is InChI=1S/C51H45N3P2/c1-40-37-38-50(54-56(45-29-15-6-16-30-45,46-31-17-7-18-32-46)47-33-19-8-20-34-47)51(39-40)52-41(2)48-35-21-22-36-49(48)53-55(42-23-9-3-10-24-42,43-25-11-4-12-26-43)44-27-13-5-14-28-44/h3-39,41,52H,1-2H3. The Balaban J connectivity index is 1.32. The number of benzene rings is 8. The van der Waals surface area contributed by atoms with Crippen molar-refractivity contribution in [1.29, 1.82) is 0 Å². The number of nitrogens with one attached hydrogen (secondary N) is 1. The van der Waals surface area contributed by atoms with E-state index in [2.05, 4.69) is 244 Å². The van der Waals surface area contributed by atoms with Crippen LogP contribution < -0.4 is 37.1 Å². The third-order valence-corrected chi connectivity index (χ3v) is 17.5. The molecule has 0 radical (unpaired) electrons. The molecule has 8 aromatic rings. The molecule has 0 aliphatic rings. The summed E-state index contributed by atoms with van der Waals surface area (Å²) >= 11 is 0. The molecule has 8 rings (SSSR count). The van der Waals surface area contributed by atoms with Crippen molar-refractivity contribution in [3.63, 3.8) is 0 Å². The maximum Gasteiger partial charge on any atom is 0.0856 e. The van der Waals surface area contributed by atoms with E-state index < -0.39 is 14.1 Å². The summed E-state index contributed by atoms with van der Waals surface area (Å²) in [6, 6.07) is 80.1. The largest absolute Gasteiger partial charge is 0.377 e. The summed E-state index contributed by atoms with van der Waals surface area (Å²) in [6.45, 7) is 4.39. The molecule has 0 saturated heterocycles. The molecule has 5 heteroatoms. The number of anilines is 1. The molecule has 8 aromatic carbocycles. The summed E-state index contributed by atoms with van der Waals surface area (Å²) in [5.74, 6) is 0. The monoisotopic (exact) mass is 761 g/mol. The van der Waals surface area contributed by atoms with E-state index in [1.54, 1.807) is 0 Å². The van der Waals surface area contributed by atoms with Crippen LogP contribution in [0.4, 0.5) is 17.1 Å². The van der Waals surface area contributed by atoms with Crippen LogP contribution in [0.5, 0.6) is 0 Å². The second-order valence-electron chi connectivity index (χ2n) is 13.9. The van der Waals surface area contributed by atoms with Gasteiger partial charge >= 0.3 is 0 Å². The van der Waals surface area contributed by atoms with Crippen molar-refractivity contribution in [1.82, 2.24) is 0 Å². The van der Waals surface area contributed by atoms with Crippen molar-refractivity contribution in [2.75, 3.05) is 5.32 Å². The van der Waals surface area contributed by atoms with Gasteiger partial charge < -0.3 is 5.32 Å². The van der Waals surface area contributed by atoms with Crippen LogP contribution in [-0.4, -0.2) is 0 Å². The Labute approximate surface area is 331 Å². The molecule has 0 amide bonds. The Hall–Kier alpha value is -5.98. The van der Waals surface area contributed by atoms with Gasteiger partial charge in [0.15, 0.2) is 0 Å². The average Bonchev–Trinajstić information content (AvgIpc) is 3.27. The van der Waals surface area contributed by atoms with Gasteiger partial charge in [-0.3, -0.25) is 9.49 Å². The molecular weight excluding hydrogens is 717 g/mol.